The largest absolute Gasteiger partial charge is 0.486 e. The minimum Gasteiger partial charge on any atom is -0.486 e. The fourth-order valence-electron chi connectivity index (χ4n) is 4.63. The highest BCUT2D eigenvalue weighted by Gasteiger charge is 2.39. The van der Waals surface area contributed by atoms with Gasteiger partial charge in [-0.1, -0.05) is 36.4 Å². The highest BCUT2D eigenvalue weighted by atomic mass is 16.5. The van der Waals surface area contributed by atoms with E-state index < -0.39 is 0 Å². The summed E-state index contributed by atoms with van der Waals surface area (Å²) in [6, 6.07) is 23.3. The van der Waals surface area contributed by atoms with Gasteiger partial charge in [0.1, 0.15) is 24.4 Å². The van der Waals surface area contributed by atoms with Gasteiger partial charge in [0, 0.05) is 0 Å². The van der Waals surface area contributed by atoms with E-state index in [1.165, 1.54) is 0 Å². The second-order valence-electron chi connectivity index (χ2n) is 8.46. The molecule has 7 rings (SSSR count). The number of aryl methyl sites for hydroxylation is 1. The molecule has 0 bridgehead atoms. The Balaban J connectivity index is 1.37. The normalized spacial score (nSPS) is 14.3. The molecule has 6 aromatic rings. The van der Waals surface area contributed by atoms with Gasteiger partial charge in [-0.25, -0.2) is 19.2 Å². The van der Waals surface area contributed by atoms with Crippen LogP contribution >= 0.6 is 0 Å². The summed E-state index contributed by atoms with van der Waals surface area (Å²) in [6.07, 6.45) is 3.27. The van der Waals surface area contributed by atoms with Crippen LogP contribution < -0.4 is 9.47 Å². The van der Waals surface area contributed by atoms with E-state index in [0.717, 1.165) is 34.0 Å². The first-order valence-electron chi connectivity index (χ1n) is 11.5. The van der Waals surface area contributed by atoms with Gasteiger partial charge in [0.15, 0.2) is 11.5 Å². The Labute approximate surface area is 205 Å². The Kier molecular flexibility index (Phi) is 4.60. The zero-order chi connectivity index (χ0) is 24.1. The van der Waals surface area contributed by atoms with Crippen LogP contribution in [-0.2, 0) is 6.61 Å². The summed E-state index contributed by atoms with van der Waals surface area (Å²) in [7, 11) is 0. The molecule has 4 aromatic heterocycles. The van der Waals surface area contributed by atoms with Crippen molar-refractivity contribution in [2.45, 2.75) is 19.4 Å². The number of hydrogen-bond acceptors (Lipinski definition) is 7. The highest BCUT2D eigenvalue weighted by molar-refractivity contribution is 5.65. The molecule has 176 valence electrons. The number of nitrogens with zero attached hydrogens (tertiary/aromatic N) is 6. The Morgan fingerprint density at radius 1 is 0.917 bits per heavy atom. The van der Waals surface area contributed by atoms with E-state index in [-0.39, 0.29) is 12.5 Å². The zero-order valence-electron chi connectivity index (χ0n) is 19.3. The van der Waals surface area contributed by atoms with Crippen LogP contribution in [0.2, 0.25) is 0 Å². The van der Waals surface area contributed by atoms with Crippen LogP contribution in [0.3, 0.4) is 0 Å². The van der Waals surface area contributed by atoms with Crippen molar-refractivity contribution in [3.63, 3.8) is 0 Å². The summed E-state index contributed by atoms with van der Waals surface area (Å²) in [5.74, 6) is 2.76. The number of para-hydroxylation sites is 2. The van der Waals surface area contributed by atoms with Gasteiger partial charge in [0.2, 0.25) is 11.8 Å². The summed E-state index contributed by atoms with van der Waals surface area (Å²) in [5, 5.41) is 9.41. The number of furan rings is 1. The fourth-order valence-corrected chi connectivity index (χ4v) is 4.63. The maximum Gasteiger partial charge on any atom is 0.230 e. The van der Waals surface area contributed by atoms with Crippen LogP contribution in [0.1, 0.15) is 34.3 Å². The molecule has 36 heavy (non-hydrogen) atoms. The van der Waals surface area contributed by atoms with Crippen LogP contribution in [-0.4, -0.2) is 29.4 Å². The van der Waals surface area contributed by atoms with Crippen molar-refractivity contribution < 1.29 is 13.9 Å². The third-order valence-corrected chi connectivity index (χ3v) is 6.20. The maximum atomic E-state index is 6.39. The van der Waals surface area contributed by atoms with Crippen molar-refractivity contribution in [2.75, 3.05) is 0 Å². The predicted octanol–water partition coefficient (Wildman–Crippen LogP) is 5.08. The molecule has 0 spiro atoms. The summed E-state index contributed by atoms with van der Waals surface area (Å²) in [5.41, 5.74) is 4.03. The molecule has 0 aliphatic carbocycles. The standard InChI is InChI=1S/C27H20N6O3/c1-17-22-23(20-13-8-14-34-20)24-25-29-21(15-35-19-11-6-3-7-12-19)31-32(25)16-28-26(24)36-27(22)33(30-17)18-9-4-2-5-10-18/h2-14,16,23H,15H2,1H3/t23-/m0/s1. The summed E-state index contributed by atoms with van der Waals surface area (Å²) >= 11 is 0. The lowest BCUT2D eigenvalue weighted by atomic mass is 9.88. The van der Waals surface area contributed by atoms with Gasteiger partial charge in [0.05, 0.1) is 34.7 Å². The predicted molar refractivity (Wildman–Crippen MR) is 130 cm³/mol. The SMILES string of the molecule is Cc1nn(-c2ccccc2)c2c1[C@H](c1ccco1)c1c(ncn3nc(COc4ccccc4)nc13)O2. The number of benzene rings is 2. The minimum atomic E-state index is -0.320. The lowest BCUT2D eigenvalue weighted by Crippen LogP contribution is -2.15. The number of hydrogen-bond donors (Lipinski definition) is 0. The van der Waals surface area contributed by atoms with Crippen LogP contribution in [0.4, 0.5) is 0 Å². The van der Waals surface area contributed by atoms with E-state index in [4.69, 9.17) is 24.0 Å². The Bertz CT molecular complexity index is 1670. The molecule has 0 radical (unpaired) electrons. The van der Waals surface area contributed by atoms with Crippen molar-refractivity contribution >= 4 is 5.65 Å². The molecule has 0 N–H and O–H groups in total. The molecule has 1 atom stereocenters. The van der Waals surface area contributed by atoms with Crippen LogP contribution in [0, 0.1) is 6.92 Å². The second-order valence-corrected chi connectivity index (χ2v) is 8.46. The van der Waals surface area contributed by atoms with Crippen molar-refractivity contribution in [2.24, 2.45) is 0 Å². The summed E-state index contributed by atoms with van der Waals surface area (Å²) in [4.78, 5) is 9.40. The average Bonchev–Trinajstić information content (AvgIpc) is 3.67. The summed E-state index contributed by atoms with van der Waals surface area (Å²) in [6.45, 7) is 2.20. The number of fused-ring (bicyclic) bond motifs is 4. The Morgan fingerprint density at radius 2 is 1.72 bits per heavy atom. The molecule has 5 heterocycles. The Hall–Kier alpha value is -4.92. The molecule has 0 unspecified atom stereocenters. The molecule has 0 saturated heterocycles. The zero-order valence-corrected chi connectivity index (χ0v) is 19.3. The van der Waals surface area contributed by atoms with Gasteiger partial charge in [0.25, 0.3) is 0 Å². The lowest BCUT2D eigenvalue weighted by Gasteiger charge is -2.24. The third-order valence-electron chi connectivity index (χ3n) is 6.20. The van der Waals surface area contributed by atoms with Gasteiger partial charge in [-0.15, -0.1) is 5.10 Å². The van der Waals surface area contributed by atoms with Crippen molar-refractivity contribution in [3.05, 3.63) is 114 Å². The summed E-state index contributed by atoms with van der Waals surface area (Å²) < 4.78 is 21.6. The molecule has 1 aliphatic heterocycles. The monoisotopic (exact) mass is 476 g/mol. The van der Waals surface area contributed by atoms with Gasteiger partial charge in [-0.3, -0.25) is 0 Å². The molecule has 9 nitrogen and oxygen atoms in total. The second kappa shape index (κ2) is 8.09. The topological polar surface area (TPSA) is 92.5 Å². The third kappa shape index (κ3) is 3.24. The van der Waals surface area contributed by atoms with Crippen LogP contribution in [0.15, 0.2) is 89.8 Å². The van der Waals surface area contributed by atoms with Crippen molar-refractivity contribution in [1.82, 2.24) is 29.4 Å². The average molecular weight is 476 g/mol. The molecule has 0 saturated carbocycles. The van der Waals surface area contributed by atoms with E-state index in [1.54, 1.807) is 21.8 Å². The molecule has 1 aliphatic rings. The highest BCUT2D eigenvalue weighted by Crippen LogP contribution is 2.49. The molecular weight excluding hydrogens is 456 g/mol. The molecular formula is C27H20N6O3. The quantitative estimate of drug-likeness (QED) is 0.342. The van der Waals surface area contributed by atoms with Crippen LogP contribution in [0.5, 0.6) is 17.5 Å². The maximum absolute atomic E-state index is 6.39. The van der Waals surface area contributed by atoms with Crippen LogP contribution in [0.25, 0.3) is 11.3 Å². The van der Waals surface area contributed by atoms with E-state index in [0.29, 0.717) is 23.2 Å². The van der Waals surface area contributed by atoms with Gasteiger partial charge in [-0.05, 0) is 43.3 Å². The van der Waals surface area contributed by atoms with Gasteiger partial charge >= 0.3 is 0 Å². The molecule has 0 amide bonds. The lowest BCUT2D eigenvalue weighted by molar-refractivity contribution is 0.296. The first-order chi connectivity index (χ1) is 17.8. The Morgan fingerprint density at radius 3 is 2.50 bits per heavy atom. The van der Waals surface area contributed by atoms with E-state index in [1.807, 2.05) is 79.7 Å². The van der Waals surface area contributed by atoms with Gasteiger partial charge in [-0.2, -0.15) is 5.10 Å². The van der Waals surface area contributed by atoms with Gasteiger partial charge < -0.3 is 13.9 Å². The number of aromatic nitrogens is 6. The first kappa shape index (κ1) is 20.5. The fraction of sp³-hybridized carbons (Fsp3) is 0.111. The molecule has 9 heteroatoms. The van der Waals surface area contributed by atoms with Crippen molar-refractivity contribution in [1.29, 1.82) is 0 Å². The first-order valence-corrected chi connectivity index (χ1v) is 11.5. The number of ether oxygens (including phenoxy) is 2. The number of rotatable bonds is 5. The smallest absolute Gasteiger partial charge is 0.230 e. The van der Waals surface area contributed by atoms with E-state index >= 15 is 0 Å². The van der Waals surface area contributed by atoms with E-state index in [2.05, 4.69) is 10.1 Å². The van der Waals surface area contributed by atoms with E-state index in [9.17, 15) is 0 Å². The van der Waals surface area contributed by atoms with Crippen molar-refractivity contribution in [3.8, 4) is 23.2 Å². The molecule has 0 fully saturated rings. The minimum absolute atomic E-state index is 0.225. The molecule has 2 aromatic carbocycles.